The van der Waals surface area contributed by atoms with Crippen molar-refractivity contribution in [3.63, 3.8) is 0 Å². The lowest BCUT2D eigenvalue weighted by molar-refractivity contribution is -0.0788. The lowest BCUT2D eigenvalue weighted by Crippen LogP contribution is -2.19. The van der Waals surface area contributed by atoms with Crippen molar-refractivity contribution >= 4 is 5.97 Å². The molecule has 0 aromatic heterocycles. The molecule has 0 aliphatic carbocycles. The van der Waals surface area contributed by atoms with Crippen molar-refractivity contribution in [1.82, 2.24) is 5.32 Å². The van der Waals surface area contributed by atoms with Gasteiger partial charge >= 0.3 is 5.97 Å². The predicted molar refractivity (Wildman–Crippen MR) is 70.5 cm³/mol. The Hall–Kier alpha value is -1.46. The number of nitrogens with one attached hydrogen (secondary N) is 1. The minimum absolute atomic E-state index is 0.221. The number of hydrogen-bond donors (Lipinski definition) is 1. The Labute approximate surface area is 112 Å². The minimum atomic E-state index is -0.957. The van der Waals surface area contributed by atoms with E-state index in [1.54, 1.807) is 19.2 Å². The molecule has 0 fully saturated rings. The maximum atomic E-state index is 11.8. The lowest BCUT2D eigenvalue weighted by atomic mass is 9.92. The predicted octanol–water partition coefficient (Wildman–Crippen LogP) is 2.81. The molecule has 1 rings (SSSR count). The summed E-state index contributed by atoms with van der Waals surface area (Å²) < 4.78 is 16.7. The van der Waals surface area contributed by atoms with Gasteiger partial charge in [-0.2, -0.15) is 0 Å². The third-order valence-electron chi connectivity index (χ3n) is 3.10. The van der Waals surface area contributed by atoms with Crippen LogP contribution in [-0.2, 0) is 9.68 Å². The molecule has 0 saturated heterocycles. The van der Waals surface area contributed by atoms with E-state index in [2.05, 4.69) is 17.2 Å². The first kappa shape index (κ1) is 15.6. The Morgan fingerprint density at radius 1 is 1.37 bits per heavy atom. The average Bonchev–Trinajstić information content (AvgIpc) is 2.47. The molecule has 1 aromatic carbocycles. The molecule has 0 heterocycles. The van der Waals surface area contributed by atoms with Gasteiger partial charge in [-0.3, -0.25) is 5.32 Å². The Balaban J connectivity index is 2.58. The number of benzene rings is 1. The fourth-order valence-corrected chi connectivity index (χ4v) is 1.99. The van der Waals surface area contributed by atoms with Gasteiger partial charge < -0.3 is 4.74 Å². The summed E-state index contributed by atoms with van der Waals surface area (Å²) in [6, 6.07) is 6.86. The fourth-order valence-electron chi connectivity index (χ4n) is 1.99. The summed E-state index contributed by atoms with van der Waals surface area (Å²) in [6.07, 6.45) is 1.98. The highest BCUT2D eigenvalue weighted by Gasteiger charge is 2.11. The van der Waals surface area contributed by atoms with Gasteiger partial charge in [0.25, 0.3) is 0 Å². The van der Waals surface area contributed by atoms with Crippen LogP contribution in [0.4, 0.5) is 4.53 Å². The molecule has 0 spiro atoms. The van der Waals surface area contributed by atoms with Crippen molar-refractivity contribution in [3.8, 4) is 0 Å². The minimum Gasteiger partial charge on any atom is -0.370 e. The normalized spacial score (nSPS) is 12.2. The molecular weight excluding hydrogens is 249 g/mol. The number of carbonyl (C=O) groups is 1. The number of rotatable bonds is 8. The maximum Gasteiger partial charge on any atom is 0.379 e. The summed E-state index contributed by atoms with van der Waals surface area (Å²) in [6.45, 7) is 3.52. The van der Waals surface area contributed by atoms with Crippen LogP contribution in [0.2, 0.25) is 0 Å². The van der Waals surface area contributed by atoms with Crippen LogP contribution in [0.15, 0.2) is 24.3 Å². The highest BCUT2D eigenvalue weighted by Crippen LogP contribution is 2.23. The highest BCUT2D eigenvalue weighted by molar-refractivity contribution is 5.88. The van der Waals surface area contributed by atoms with Gasteiger partial charge in [-0.25, -0.2) is 9.74 Å². The summed E-state index contributed by atoms with van der Waals surface area (Å²) in [5.41, 5.74) is 1.36. The van der Waals surface area contributed by atoms with Crippen LogP contribution in [0, 0.1) is 0 Å². The standard InChI is InChI=1S/C14H20FNO3/c1-3-11(8-9-16-10-18-2)12-4-6-13(7-5-12)14(17)19-15/h4-7,11,16H,3,8-10H2,1-2H3. The molecule has 0 bridgehead atoms. The van der Waals surface area contributed by atoms with Crippen molar-refractivity contribution < 1.29 is 19.0 Å². The van der Waals surface area contributed by atoms with Crippen LogP contribution in [-0.4, -0.2) is 26.4 Å². The topological polar surface area (TPSA) is 47.6 Å². The first-order chi connectivity index (χ1) is 9.22. The SMILES string of the molecule is CCC(CCNCOC)c1ccc(C(=O)OF)cc1. The molecule has 1 N–H and O–H groups in total. The van der Waals surface area contributed by atoms with E-state index < -0.39 is 5.97 Å². The molecule has 0 radical (unpaired) electrons. The van der Waals surface area contributed by atoms with E-state index in [1.807, 2.05) is 12.1 Å². The summed E-state index contributed by atoms with van der Waals surface area (Å²) in [4.78, 5) is 14.2. The van der Waals surface area contributed by atoms with Crippen LogP contribution in [0.25, 0.3) is 0 Å². The van der Waals surface area contributed by atoms with Gasteiger partial charge in [0, 0.05) is 11.6 Å². The molecular formula is C14H20FNO3. The number of methoxy groups -OCH3 is 1. The zero-order valence-corrected chi connectivity index (χ0v) is 11.3. The first-order valence-corrected chi connectivity index (χ1v) is 6.35. The van der Waals surface area contributed by atoms with Crippen molar-refractivity contribution in [2.75, 3.05) is 20.4 Å². The Morgan fingerprint density at radius 3 is 2.58 bits per heavy atom. The third kappa shape index (κ3) is 4.96. The number of ether oxygens (including phenoxy) is 1. The molecule has 4 nitrogen and oxygen atoms in total. The van der Waals surface area contributed by atoms with Crippen LogP contribution in [0.5, 0.6) is 0 Å². The zero-order valence-electron chi connectivity index (χ0n) is 11.3. The van der Waals surface area contributed by atoms with Crippen molar-refractivity contribution in [2.45, 2.75) is 25.7 Å². The second-order valence-corrected chi connectivity index (χ2v) is 4.31. The Morgan fingerprint density at radius 2 is 2.05 bits per heavy atom. The quantitative estimate of drug-likeness (QED) is 0.582. The number of carbonyl (C=O) groups excluding carboxylic acids is 1. The molecule has 1 unspecified atom stereocenters. The van der Waals surface area contributed by atoms with Gasteiger partial charge in [-0.05, 0) is 43.0 Å². The van der Waals surface area contributed by atoms with Gasteiger partial charge in [0.2, 0.25) is 0 Å². The number of hydrogen-bond acceptors (Lipinski definition) is 4. The van der Waals surface area contributed by atoms with Crippen molar-refractivity contribution in [2.24, 2.45) is 0 Å². The van der Waals surface area contributed by atoms with Crippen LogP contribution < -0.4 is 5.32 Å². The maximum absolute atomic E-state index is 11.8. The monoisotopic (exact) mass is 269 g/mol. The van der Waals surface area contributed by atoms with Gasteiger partial charge in [0.1, 0.15) is 0 Å². The molecule has 0 amide bonds. The Bertz CT molecular complexity index is 381. The van der Waals surface area contributed by atoms with E-state index in [4.69, 9.17) is 4.74 Å². The lowest BCUT2D eigenvalue weighted by Gasteiger charge is -2.15. The summed E-state index contributed by atoms with van der Waals surface area (Å²) in [5, 5.41) is 3.16. The summed E-state index contributed by atoms with van der Waals surface area (Å²) >= 11 is 0. The molecule has 0 aliphatic rings. The largest absolute Gasteiger partial charge is 0.379 e. The molecule has 5 heteroatoms. The summed E-state index contributed by atoms with van der Waals surface area (Å²) in [7, 11) is 1.65. The first-order valence-electron chi connectivity index (χ1n) is 6.35. The zero-order chi connectivity index (χ0) is 14.1. The molecule has 106 valence electrons. The van der Waals surface area contributed by atoms with E-state index in [9.17, 15) is 9.32 Å². The molecule has 1 aromatic rings. The van der Waals surface area contributed by atoms with Crippen LogP contribution in [0.1, 0.15) is 41.6 Å². The van der Waals surface area contributed by atoms with Gasteiger partial charge in [0.05, 0.1) is 12.3 Å². The smallest absolute Gasteiger partial charge is 0.370 e. The molecule has 0 saturated carbocycles. The van der Waals surface area contributed by atoms with Gasteiger partial charge in [-0.15, -0.1) is 0 Å². The second kappa shape index (κ2) is 8.61. The van der Waals surface area contributed by atoms with E-state index in [0.717, 1.165) is 24.9 Å². The molecule has 0 aliphatic heterocycles. The van der Waals surface area contributed by atoms with E-state index in [1.165, 1.54) is 0 Å². The van der Waals surface area contributed by atoms with Crippen molar-refractivity contribution in [1.29, 1.82) is 0 Å². The van der Waals surface area contributed by atoms with Gasteiger partial charge in [0.15, 0.2) is 0 Å². The van der Waals surface area contributed by atoms with Crippen LogP contribution >= 0.6 is 0 Å². The summed E-state index contributed by atoms with van der Waals surface area (Å²) in [5.74, 6) is -0.554. The van der Waals surface area contributed by atoms with E-state index in [0.29, 0.717) is 12.6 Å². The van der Waals surface area contributed by atoms with Gasteiger partial charge in [-0.1, -0.05) is 19.1 Å². The fraction of sp³-hybridized carbons (Fsp3) is 0.500. The molecule has 19 heavy (non-hydrogen) atoms. The third-order valence-corrected chi connectivity index (χ3v) is 3.10. The Kier molecular flexibility index (Phi) is 7.07. The highest BCUT2D eigenvalue weighted by atomic mass is 19.3. The molecule has 1 atom stereocenters. The number of halogens is 1. The van der Waals surface area contributed by atoms with E-state index >= 15 is 0 Å². The van der Waals surface area contributed by atoms with Crippen molar-refractivity contribution in [3.05, 3.63) is 35.4 Å². The second-order valence-electron chi connectivity index (χ2n) is 4.31. The van der Waals surface area contributed by atoms with E-state index in [-0.39, 0.29) is 5.56 Å². The van der Waals surface area contributed by atoms with Crippen LogP contribution in [0.3, 0.4) is 0 Å². The average molecular weight is 269 g/mol.